The fraction of sp³-hybridized carbons (Fsp3) is 0.250. The molecule has 0 N–H and O–H groups in total. The van der Waals surface area contributed by atoms with E-state index in [0.717, 1.165) is 11.1 Å². The Morgan fingerprint density at radius 1 is 0.789 bits per heavy atom. The van der Waals surface area contributed by atoms with Gasteiger partial charge in [-0.2, -0.15) is 0 Å². The van der Waals surface area contributed by atoms with Gasteiger partial charge in [0.1, 0.15) is 0 Å². The predicted molar refractivity (Wildman–Crippen MR) is 76.9 cm³/mol. The van der Waals surface area contributed by atoms with Crippen molar-refractivity contribution in [1.29, 1.82) is 0 Å². The molecule has 1 aliphatic heterocycles. The quantitative estimate of drug-likeness (QED) is 0.842. The summed E-state index contributed by atoms with van der Waals surface area (Å²) in [7, 11) is -2.95. The summed E-state index contributed by atoms with van der Waals surface area (Å²) >= 11 is 0. The van der Waals surface area contributed by atoms with Crippen LogP contribution in [0.2, 0.25) is 0 Å². The first-order valence-corrected chi connectivity index (χ1v) is 8.26. The maximum atomic E-state index is 12.0. The molecule has 0 saturated carbocycles. The molecule has 19 heavy (non-hydrogen) atoms. The smallest absolute Gasteiger partial charge is 0.151 e. The van der Waals surface area contributed by atoms with Crippen LogP contribution in [0.1, 0.15) is 17.5 Å². The van der Waals surface area contributed by atoms with Gasteiger partial charge in [0.2, 0.25) is 0 Å². The van der Waals surface area contributed by atoms with E-state index in [-0.39, 0.29) is 16.9 Å². The molecule has 0 atom stereocenters. The van der Waals surface area contributed by atoms with Crippen molar-refractivity contribution in [3.63, 3.8) is 0 Å². The second-order valence-electron chi connectivity index (χ2n) is 5.16. The number of benzene rings is 2. The topological polar surface area (TPSA) is 34.1 Å². The molecule has 98 valence electrons. The lowest BCUT2D eigenvalue weighted by atomic mass is 9.74. The zero-order valence-corrected chi connectivity index (χ0v) is 11.4. The van der Waals surface area contributed by atoms with E-state index in [1.165, 1.54) is 0 Å². The van der Waals surface area contributed by atoms with Crippen LogP contribution in [0.15, 0.2) is 60.7 Å². The van der Waals surface area contributed by atoms with Crippen molar-refractivity contribution in [2.24, 2.45) is 0 Å². The fourth-order valence-electron chi connectivity index (χ4n) is 2.99. The monoisotopic (exact) mass is 272 g/mol. The Morgan fingerprint density at radius 2 is 1.26 bits per heavy atom. The molecule has 2 aromatic carbocycles. The summed E-state index contributed by atoms with van der Waals surface area (Å²) in [5.74, 6) is 0.491. The number of sulfone groups is 1. The van der Waals surface area contributed by atoms with Gasteiger partial charge in [-0.25, -0.2) is 8.42 Å². The van der Waals surface area contributed by atoms with E-state index in [2.05, 4.69) is 0 Å². The molecule has 0 unspecified atom stereocenters. The molecular weight excluding hydrogens is 256 g/mol. The summed E-state index contributed by atoms with van der Waals surface area (Å²) in [6.45, 7) is 0. The van der Waals surface area contributed by atoms with E-state index >= 15 is 0 Å². The van der Waals surface area contributed by atoms with E-state index in [4.69, 9.17) is 0 Å². The third-order valence-electron chi connectivity index (χ3n) is 3.96. The van der Waals surface area contributed by atoms with Gasteiger partial charge in [0.15, 0.2) is 9.84 Å². The van der Waals surface area contributed by atoms with Gasteiger partial charge in [-0.1, -0.05) is 60.7 Å². The Bertz CT molecular complexity index is 621. The van der Waals surface area contributed by atoms with Gasteiger partial charge in [0.05, 0.1) is 11.5 Å². The Hall–Kier alpha value is -1.61. The normalized spacial score (nSPS) is 20.2. The molecule has 1 saturated heterocycles. The van der Waals surface area contributed by atoms with Crippen LogP contribution >= 0.6 is 0 Å². The fourth-order valence-corrected chi connectivity index (χ4v) is 5.02. The molecule has 3 heteroatoms. The molecule has 2 nitrogen and oxygen atoms in total. The third-order valence-corrected chi connectivity index (χ3v) is 5.72. The zero-order chi connectivity index (χ0) is 13.3. The van der Waals surface area contributed by atoms with Gasteiger partial charge in [-0.15, -0.1) is 0 Å². The lowest BCUT2D eigenvalue weighted by Crippen LogP contribution is -2.29. The molecule has 0 aromatic heterocycles. The van der Waals surface area contributed by atoms with E-state index in [1.807, 2.05) is 60.7 Å². The molecule has 0 spiro atoms. The van der Waals surface area contributed by atoms with Crippen LogP contribution in [0.25, 0.3) is 0 Å². The van der Waals surface area contributed by atoms with E-state index < -0.39 is 9.84 Å². The predicted octanol–water partition coefficient (Wildman–Crippen LogP) is 2.79. The third kappa shape index (κ3) is 2.19. The first-order valence-electron chi connectivity index (χ1n) is 6.44. The van der Waals surface area contributed by atoms with Crippen molar-refractivity contribution in [3.8, 4) is 0 Å². The van der Waals surface area contributed by atoms with Crippen molar-refractivity contribution in [3.05, 3.63) is 71.8 Å². The van der Waals surface area contributed by atoms with E-state index in [1.54, 1.807) is 0 Å². The molecular formula is C16H16O2S. The Labute approximate surface area is 114 Å². The van der Waals surface area contributed by atoms with Crippen LogP contribution in [0.3, 0.4) is 0 Å². The maximum absolute atomic E-state index is 12.0. The molecule has 3 rings (SSSR count). The number of rotatable bonds is 2. The minimum Gasteiger partial charge on any atom is -0.229 e. The van der Waals surface area contributed by atoms with Gasteiger partial charge in [0.25, 0.3) is 0 Å². The molecule has 0 aliphatic carbocycles. The van der Waals surface area contributed by atoms with Crippen LogP contribution in [0.4, 0.5) is 0 Å². The molecule has 0 radical (unpaired) electrons. The molecule has 0 amide bonds. The van der Waals surface area contributed by atoms with Crippen LogP contribution in [0.5, 0.6) is 0 Å². The van der Waals surface area contributed by atoms with Crippen molar-refractivity contribution >= 4 is 9.84 Å². The minimum absolute atomic E-state index is 0.216. The van der Waals surface area contributed by atoms with Gasteiger partial charge in [-0.3, -0.25) is 0 Å². The van der Waals surface area contributed by atoms with Gasteiger partial charge < -0.3 is 0 Å². The summed E-state index contributed by atoms with van der Waals surface area (Å²) in [6.07, 6.45) is 0.670. The highest BCUT2D eigenvalue weighted by molar-refractivity contribution is 7.91. The van der Waals surface area contributed by atoms with Crippen LogP contribution in [0, 0.1) is 0 Å². The minimum atomic E-state index is -2.95. The van der Waals surface area contributed by atoms with E-state index in [0.29, 0.717) is 6.42 Å². The van der Waals surface area contributed by atoms with Crippen LogP contribution < -0.4 is 0 Å². The van der Waals surface area contributed by atoms with E-state index in [9.17, 15) is 8.42 Å². The molecule has 2 aromatic rings. The second kappa shape index (κ2) is 4.49. The van der Waals surface area contributed by atoms with Gasteiger partial charge in [0, 0.05) is 5.41 Å². The van der Waals surface area contributed by atoms with Crippen LogP contribution in [-0.4, -0.2) is 19.9 Å². The van der Waals surface area contributed by atoms with Gasteiger partial charge >= 0.3 is 0 Å². The Morgan fingerprint density at radius 3 is 1.63 bits per heavy atom. The highest BCUT2D eigenvalue weighted by Gasteiger charge is 2.44. The molecule has 0 bridgehead atoms. The number of hydrogen-bond acceptors (Lipinski definition) is 2. The highest BCUT2D eigenvalue weighted by atomic mass is 32.2. The average Bonchev–Trinajstić information content (AvgIpc) is 2.78. The van der Waals surface area contributed by atoms with Crippen molar-refractivity contribution in [2.75, 3.05) is 11.5 Å². The largest absolute Gasteiger partial charge is 0.229 e. The summed E-state index contributed by atoms with van der Waals surface area (Å²) < 4.78 is 24.0. The first-order chi connectivity index (χ1) is 9.12. The summed E-state index contributed by atoms with van der Waals surface area (Å²) in [6, 6.07) is 20.0. The molecule has 1 aliphatic rings. The summed E-state index contributed by atoms with van der Waals surface area (Å²) in [5.41, 5.74) is 1.83. The maximum Gasteiger partial charge on any atom is 0.151 e. The highest BCUT2D eigenvalue weighted by Crippen LogP contribution is 2.41. The number of hydrogen-bond donors (Lipinski definition) is 0. The van der Waals surface area contributed by atoms with Gasteiger partial charge in [-0.05, 0) is 17.5 Å². The zero-order valence-electron chi connectivity index (χ0n) is 10.6. The average molecular weight is 272 g/mol. The lowest BCUT2D eigenvalue weighted by Gasteiger charge is -2.29. The van der Waals surface area contributed by atoms with Crippen LogP contribution in [-0.2, 0) is 15.3 Å². The summed E-state index contributed by atoms with van der Waals surface area (Å²) in [4.78, 5) is 0. The SMILES string of the molecule is O=S1(=O)CCC(c2ccccc2)(c2ccccc2)C1. The Kier molecular flexibility index (Phi) is 2.94. The van der Waals surface area contributed by atoms with Crippen molar-refractivity contribution in [1.82, 2.24) is 0 Å². The molecule has 1 heterocycles. The van der Waals surface area contributed by atoms with Crippen molar-refractivity contribution in [2.45, 2.75) is 11.8 Å². The molecule has 1 fully saturated rings. The Balaban J connectivity index is 2.18. The second-order valence-corrected chi connectivity index (χ2v) is 7.34. The standard InChI is InChI=1S/C16H16O2S/c17-19(18)12-11-16(13-19,14-7-3-1-4-8-14)15-9-5-2-6-10-15/h1-10H,11-13H2. The lowest BCUT2D eigenvalue weighted by molar-refractivity contribution is 0.576. The summed E-state index contributed by atoms with van der Waals surface area (Å²) in [5, 5.41) is 0. The van der Waals surface area contributed by atoms with Crippen molar-refractivity contribution < 1.29 is 8.42 Å². The first kappa shape index (κ1) is 12.4.